The van der Waals surface area contributed by atoms with Crippen LogP contribution >= 0.6 is 0 Å². The molecule has 1 fully saturated rings. The topological polar surface area (TPSA) is 116 Å². The van der Waals surface area contributed by atoms with Crippen LogP contribution in [-0.4, -0.2) is 49.0 Å². The summed E-state index contributed by atoms with van der Waals surface area (Å²) in [7, 11) is -4.46. The van der Waals surface area contributed by atoms with E-state index in [2.05, 4.69) is 10.6 Å². The van der Waals surface area contributed by atoms with Gasteiger partial charge in [0.05, 0.1) is 0 Å². The summed E-state index contributed by atoms with van der Waals surface area (Å²) in [6, 6.07) is 2.81. The Morgan fingerprint density at radius 3 is 2.33 bits per heavy atom. The molecule has 0 bridgehead atoms. The van der Waals surface area contributed by atoms with Gasteiger partial charge < -0.3 is 15.7 Å². The van der Waals surface area contributed by atoms with Crippen LogP contribution in [0.3, 0.4) is 0 Å². The lowest BCUT2D eigenvalue weighted by Crippen LogP contribution is -2.49. The number of halogens is 4. The third-order valence-electron chi connectivity index (χ3n) is 5.08. The number of hydrogen-bond donors (Lipinski definition) is 3. The van der Waals surface area contributed by atoms with Crippen LogP contribution in [0.1, 0.15) is 29.6 Å². The summed E-state index contributed by atoms with van der Waals surface area (Å²) in [5, 5.41) is 13.0. The van der Waals surface area contributed by atoms with Crippen molar-refractivity contribution in [2.45, 2.75) is 30.2 Å². The maximum absolute atomic E-state index is 14.5. The van der Waals surface area contributed by atoms with E-state index in [-0.39, 0.29) is 18.7 Å². The van der Waals surface area contributed by atoms with E-state index >= 15 is 0 Å². The minimum atomic E-state index is -4.46. The van der Waals surface area contributed by atoms with Crippen LogP contribution in [0.4, 0.5) is 28.0 Å². The summed E-state index contributed by atoms with van der Waals surface area (Å²) in [4.78, 5) is 22.5. The highest BCUT2D eigenvalue weighted by molar-refractivity contribution is 7.89. The van der Waals surface area contributed by atoms with E-state index in [1.54, 1.807) is 0 Å². The van der Waals surface area contributed by atoms with Crippen molar-refractivity contribution in [3.05, 3.63) is 59.2 Å². The lowest BCUT2D eigenvalue weighted by atomic mass is 10.1. The van der Waals surface area contributed by atoms with Gasteiger partial charge >= 0.3 is 6.09 Å². The summed E-state index contributed by atoms with van der Waals surface area (Å²) in [5.74, 6) is -6.96. The zero-order chi connectivity index (χ0) is 24.3. The first-order chi connectivity index (χ1) is 15.5. The van der Waals surface area contributed by atoms with E-state index in [0.29, 0.717) is 31.4 Å². The first-order valence-corrected chi connectivity index (χ1v) is 11.2. The summed E-state index contributed by atoms with van der Waals surface area (Å²) in [5.41, 5.74) is -0.765. The number of benzene rings is 2. The molecule has 3 N–H and O–H groups in total. The molecule has 1 unspecified atom stereocenters. The van der Waals surface area contributed by atoms with Crippen LogP contribution < -0.4 is 10.6 Å². The molecule has 2 aromatic carbocycles. The van der Waals surface area contributed by atoms with Crippen molar-refractivity contribution in [1.29, 1.82) is 0 Å². The van der Waals surface area contributed by atoms with Crippen molar-refractivity contribution < 1.29 is 40.7 Å². The zero-order valence-electron chi connectivity index (χ0n) is 16.9. The molecule has 178 valence electrons. The number of nitrogens with zero attached hydrogens (tertiary/aromatic N) is 1. The molecule has 0 radical (unpaired) electrons. The molecular formula is C20H19F4N3O5S. The highest BCUT2D eigenvalue weighted by Gasteiger charge is 2.35. The van der Waals surface area contributed by atoms with Crippen LogP contribution in [0.15, 0.2) is 35.2 Å². The van der Waals surface area contributed by atoms with Crippen molar-refractivity contribution in [2.24, 2.45) is 0 Å². The minimum absolute atomic E-state index is 0.0261. The van der Waals surface area contributed by atoms with E-state index in [0.717, 1.165) is 22.5 Å². The predicted octanol–water partition coefficient (Wildman–Crippen LogP) is 3.31. The van der Waals surface area contributed by atoms with Crippen molar-refractivity contribution in [3.63, 3.8) is 0 Å². The second-order valence-electron chi connectivity index (χ2n) is 7.30. The van der Waals surface area contributed by atoms with E-state index in [4.69, 9.17) is 5.11 Å². The first-order valence-electron chi connectivity index (χ1n) is 9.75. The summed E-state index contributed by atoms with van der Waals surface area (Å²) in [6.45, 7) is -0.170. The van der Waals surface area contributed by atoms with Gasteiger partial charge in [0, 0.05) is 42.5 Å². The Kier molecular flexibility index (Phi) is 7.22. The number of piperidine rings is 1. The van der Waals surface area contributed by atoms with Gasteiger partial charge in [-0.1, -0.05) is 6.42 Å². The average Bonchev–Trinajstić information content (AvgIpc) is 2.76. The predicted molar refractivity (Wildman–Crippen MR) is 108 cm³/mol. The van der Waals surface area contributed by atoms with Crippen molar-refractivity contribution in [1.82, 2.24) is 9.62 Å². The quantitative estimate of drug-likeness (QED) is 0.425. The normalized spacial score (nSPS) is 16.9. The second kappa shape index (κ2) is 9.75. The number of amides is 2. The fourth-order valence-corrected chi connectivity index (χ4v) is 5.28. The highest BCUT2D eigenvalue weighted by Crippen LogP contribution is 2.28. The maximum Gasteiger partial charge on any atom is 0.404 e. The molecule has 1 aliphatic rings. The van der Waals surface area contributed by atoms with Gasteiger partial charge in [-0.3, -0.25) is 4.79 Å². The van der Waals surface area contributed by atoms with Gasteiger partial charge in [0.2, 0.25) is 10.0 Å². The van der Waals surface area contributed by atoms with Gasteiger partial charge in [-0.25, -0.2) is 30.8 Å². The second-order valence-corrected chi connectivity index (χ2v) is 9.16. The van der Waals surface area contributed by atoms with Crippen LogP contribution in [0, 0.1) is 23.3 Å². The van der Waals surface area contributed by atoms with Crippen molar-refractivity contribution in [2.75, 3.05) is 18.4 Å². The molecule has 2 aromatic rings. The molecule has 1 saturated heterocycles. The smallest absolute Gasteiger partial charge is 0.404 e. The molecule has 1 atom stereocenters. The first kappa shape index (κ1) is 24.5. The largest absolute Gasteiger partial charge is 0.465 e. The Labute approximate surface area is 186 Å². The summed E-state index contributed by atoms with van der Waals surface area (Å²) in [6.07, 6.45) is 0.139. The maximum atomic E-state index is 14.5. The van der Waals surface area contributed by atoms with E-state index in [9.17, 15) is 35.6 Å². The fraction of sp³-hybridized carbons (Fsp3) is 0.300. The number of hydrogen-bond acceptors (Lipinski definition) is 4. The van der Waals surface area contributed by atoms with Crippen molar-refractivity contribution in [3.8, 4) is 0 Å². The monoisotopic (exact) mass is 489 g/mol. The zero-order valence-corrected chi connectivity index (χ0v) is 17.8. The van der Waals surface area contributed by atoms with Gasteiger partial charge in [0.1, 0.15) is 10.7 Å². The third kappa shape index (κ3) is 5.42. The molecule has 33 heavy (non-hydrogen) atoms. The number of sulfonamides is 1. The molecule has 2 amide bonds. The molecule has 0 aromatic heterocycles. The van der Waals surface area contributed by atoms with Gasteiger partial charge in [-0.15, -0.1) is 0 Å². The standard InChI is InChI=1S/C20H19F4N3O5S/c21-14-5-4-11(19(28)26-12-8-15(22)18(24)16(23)9-12)7-17(14)33(31,32)27-6-2-1-3-13(27)10-25-20(29)30/h4-5,7-9,13,25H,1-3,6,10H2,(H,26,28)(H,29,30). The van der Waals surface area contributed by atoms with Gasteiger partial charge in [0.15, 0.2) is 17.5 Å². The molecule has 0 aliphatic carbocycles. The van der Waals surface area contributed by atoms with E-state index < -0.39 is 61.9 Å². The number of rotatable bonds is 6. The molecule has 0 spiro atoms. The fourth-order valence-electron chi connectivity index (χ4n) is 3.50. The van der Waals surface area contributed by atoms with Crippen LogP contribution in [0.2, 0.25) is 0 Å². The van der Waals surface area contributed by atoms with Gasteiger partial charge in [0.25, 0.3) is 5.91 Å². The molecule has 3 rings (SSSR count). The van der Waals surface area contributed by atoms with Crippen LogP contribution in [-0.2, 0) is 10.0 Å². The Bertz CT molecular complexity index is 1170. The number of nitrogens with one attached hydrogen (secondary N) is 2. The summed E-state index contributed by atoms with van der Waals surface area (Å²) < 4.78 is 81.7. The lowest BCUT2D eigenvalue weighted by molar-refractivity contribution is 0.102. The number of carboxylic acid groups (broad SMARTS) is 1. The van der Waals surface area contributed by atoms with Crippen LogP contribution in [0.5, 0.6) is 0 Å². The number of carbonyl (C=O) groups is 2. The molecule has 1 heterocycles. The third-order valence-corrected chi connectivity index (χ3v) is 7.05. The summed E-state index contributed by atoms with van der Waals surface area (Å²) >= 11 is 0. The molecule has 13 heteroatoms. The number of carbonyl (C=O) groups excluding carboxylic acids is 1. The van der Waals surface area contributed by atoms with Crippen LogP contribution in [0.25, 0.3) is 0 Å². The van der Waals surface area contributed by atoms with Gasteiger partial charge in [-0.05, 0) is 31.0 Å². The lowest BCUT2D eigenvalue weighted by Gasteiger charge is -2.34. The highest BCUT2D eigenvalue weighted by atomic mass is 32.2. The SMILES string of the molecule is O=C(O)NCC1CCCCN1S(=O)(=O)c1cc(C(=O)Nc2cc(F)c(F)c(F)c2)ccc1F. The van der Waals surface area contributed by atoms with Gasteiger partial charge in [-0.2, -0.15) is 4.31 Å². The molecule has 1 aliphatic heterocycles. The molecule has 8 nitrogen and oxygen atoms in total. The van der Waals surface area contributed by atoms with E-state index in [1.165, 1.54) is 0 Å². The van der Waals surface area contributed by atoms with E-state index in [1.807, 2.05) is 0 Å². The Morgan fingerprint density at radius 1 is 1.03 bits per heavy atom. The molecular weight excluding hydrogens is 470 g/mol. The Balaban J connectivity index is 1.89. The van der Waals surface area contributed by atoms with Crippen molar-refractivity contribution >= 4 is 27.7 Å². The minimum Gasteiger partial charge on any atom is -0.465 e. The molecule has 0 saturated carbocycles. The average molecular weight is 489 g/mol. The Morgan fingerprint density at radius 2 is 1.70 bits per heavy atom. The number of anilines is 1. The Hall–Kier alpha value is -3.19.